The zero-order chi connectivity index (χ0) is 17.6. The van der Waals surface area contributed by atoms with Crippen LogP contribution in [0.4, 0.5) is 0 Å². The van der Waals surface area contributed by atoms with Crippen LogP contribution in [0.3, 0.4) is 0 Å². The molecule has 0 radical (unpaired) electrons. The maximum Gasteiger partial charge on any atom is 0.249 e. The third-order valence-corrected chi connectivity index (χ3v) is 5.26. The minimum absolute atomic E-state index is 0.0538. The summed E-state index contributed by atoms with van der Waals surface area (Å²) in [7, 11) is 0. The Morgan fingerprint density at radius 3 is 2.64 bits per heavy atom. The zero-order valence-electron chi connectivity index (χ0n) is 15.0. The summed E-state index contributed by atoms with van der Waals surface area (Å²) in [6.07, 6.45) is 6.19. The molecule has 1 aromatic carbocycles. The predicted molar refractivity (Wildman–Crippen MR) is 95.9 cm³/mol. The van der Waals surface area contributed by atoms with Gasteiger partial charge in [0.1, 0.15) is 12.6 Å². The van der Waals surface area contributed by atoms with E-state index in [0.717, 1.165) is 5.56 Å². The van der Waals surface area contributed by atoms with Crippen LogP contribution in [-0.4, -0.2) is 42.5 Å². The number of rotatable bonds is 5. The third kappa shape index (κ3) is 4.82. The molecule has 5 nitrogen and oxygen atoms in total. The summed E-state index contributed by atoms with van der Waals surface area (Å²) in [4.78, 5) is 26.6. The van der Waals surface area contributed by atoms with Gasteiger partial charge in [0.25, 0.3) is 0 Å². The lowest BCUT2D eigenvalue weighted by atomic mass is 9.89. The van der Waals surface area contributed by atoms with Crippen LogP contribution < -0.4 is 5.32 Å². The fourth-order valence-electron chi connectivity index (χ4n) is 3.66. The molecule has 1 aromatic rings. The largest absolute Gasteiger partial charge is 0.369 e. The van der Waals surface area contributed by atoms with Crippen LogP contribution in [0.15, 0.2) is 24.3 Å². The van der Waals surface area contributed by atoms with Crippen LogP contribution >= 0.6 is 0 Å². The molecule has 1 N–H and O–H groups in total. The van der Waals surface area contributed by atoms with E-state index in [-0.39, 0.29) is 25.0 Å². The summed E-state index contributed by atoms with van der Waals surface area (Å²) < 4.78 is 5.34. The summed E-state index contributed by atoms with van der Waals surface area (Å²) in [5.74, 6) is 0.360. The van der Waals surface area contributed by atoms with Crippen LogP contribution in [0.1, 0.15) is 43.2 Å². The molecule has 0 bridgehead atoms. The van der Waals surface area contributed by atoms with Crippen LogP contribution in [0.25, 0.3) is 0 Å². The Labute approximate surface area is 149 Å². The molecule has 136 valence electrons. The molecule has 0 aromatic heterocycles. The number of aryl methyl sites for hydroxylation is 1. The van der Waals surface area contributed by atoms with E-state index in [1.54, 1.807) is 4.90 Å². The molecule has 25 heavy (non-hydrogen) atoms. The lowest BCUT2D eigenvalue weighted by Crippen LogP contribution is -2.56. The number of nitrogens with zero attached hydrogens (tertiary/aromatic N) is 1. The third-order valence-electron chi connectivity index (χ3n) is 5.26. The smallest absolute Gasteiger partial charge is 0.249 e. The minimum Gasteiger partial charge on any atom is -0.369 e. The SMILES string of the molecule is Cc1ccc(CN2C(=O)COC[C@H]2C(=O)NCC2CCCCC2)cc1. The highest BCUT2D eigenvalue weighted by molar-refractivity contribution is 5.89. The average Bonchev–Trinajstić information content (AvgIpc) is 2.64. The van der Waals surface area contributed by atoms with E-state index < -0.39 is 6.04 Å². The number of carbonyl (C=O) groups excluding carboxylic acids is 2. The van der Waals surface area contributed by atoms with Gasteiger partial charge in [-0.1, -0.05) is 49.1 Å². The highest BCUT2D eigenvalue weighted by Gasteiger charge is 2.34. The van der Waals surface area contributed by atoms with Crippen LogP contribution in [-0.2, 0) is 20.9 Å². The molecule has 2 aliphatic rings. The molecule has 1 atom stereocenters. The van der Waals surface area contributed by atoms with Gasteiger partial charge >= 0.3 is 0 Å². The minimum atomic E-state index is -0.536. The Kier molecular flexibility index (Phi) is 6.08. The van der Waals surface area contributed by atoms with Crippen molar-refractivity contribution in [1.29, 1.82) is 0 Å². The van der Waals surface area contributed by atoms with E-state index in [9.17, 15) is 9.59 Å². The number of hydrogen-bond donors (Lipinski definition) is 1. The Morgan fingerprint density at radius 2 is 1.92 bits per heavy atom. The Balaban J connectivity index is 1.61. The Bertz CT molecular complexity index is 593. The van der Waals surface area contributed by atoms with Gasteiger partial charge in [-0.05, 0) is 31.2 Å². The normalized spacial score (nSPS) is 22.0. The van der Waals surface area contributed by atoms with Crippen LogP contribution in [0.2, 0.25) is 0 Å². The maximum atomic E-state index is 12.7. The number of nitrogens with one attached hydrogen (secondary N) is 1. The Morgan fingerprint density at radius 1 is 1.20 bits per heavy atom. The van der Waals surface area contributed by atoms with Crippen molar-refractivity contribution in [2.24, 2.45) is 5.92 Å². The molecule has 2 amide bonds. The monoisotopic (exact) mass is 344 g/mol. The van der Waals surface area contributed by atoms with Gasteiger partial charge < -0.3 is 15.0 Å². The molecule has 1 saturated carbocycles. The molecule has 1 aliphatic carbocycles. The molecule has 1 heterocycles. The predicted octanol–water partition coefficient (Wildman–Crippen LogP) is 2.42. The quantitative estimate of drug-likeness (QED) is 0.892. The van der Waals surface area contributed by atoms with Crippen molar-refractivity contribution in [1.82, 2.24) is 10.2 Å². The molecule has 0 unspecified atom stereocenters. The number of ether oxygens (including phenoxy) is 1. The van der Waals surface area contributed by atoms with E-state index in [0.29, 0.717) is 19.0 Å². The first-order chi connectivity index (χ1) is 12.1. The van der Waals surface area contributed by atoms with Crippen molar-refractivity contribution in [3.63, 3.8) is 0 Å². The first-order valence-corrected chi connectivity index (χ1v) is 9.34. The highest BCUT2D eigenvalue weighted by atomic mass is 16.5. The van der Waals surface area contributed by atoms with Crippen molar-refractivity contribution in [2.75, 3.05) is 19.8 Å². The van der Waals surface area contributed by atoms with Crippen molar-refractivity contribution in [3.8, 4) is 0 Å². The standard InChI is InChI=1S/C20H28N2O3/c1-15-7-9-17(10-8-15)12-22-18(13-25-14-19(22)23)20(24)21-11-16-5-3-2-4-6-16/h7-10,16,18H,2-6,11-14H2,1H3,(H,21,24)/t18-/m0/s1. The van der Waals surface area contributed by atoms with Gasteiger partial charge in [0.2, 0.25) is 11.8 Å². The van der Waals surface area contributed by atoms with Gasteiger partial charge in [0.15, 0.2) is 0 Å². The van der Waals surface area contributed by atoms with Gasteiger partial charge in [0, 0.05) is 13.1 Å². The fourth-order valence-corrected chi connectivity index (χ4v) is 3.66. The molecule has 0 spiro atoms. The fraction of sp³-hybridized carbons (Fsp3) is 0.600. The summed E-state index contributed by atoms with van der Waals surface area (Å²) in [6, 6.07) is 7.53. The summed E-state index contributed by atoms with van der Waals surface area (Å²) >= 11 is 0. The molecule has 5 heteroatoms. The van der Waals surface area contributed by atoms with Gasteiger partial charge in [-0.3, -0.25) is 9.59 Å². The van der Waals surface area contributed by atoms with Crippen LogP contribution in [0.5, 0.6) is 0 Å². The second-order valence-corrected chi connectivity index (χ2v) is 7.29. The van der Waals surface area contributed by atoms with Crippen molar-refractivity contribution >= 4 is 11.8 Å². The zero-order valence-corrected chi connectivity index (χ0v) is 15.0. The van der Waals surface area contributed by atoms with Gasteiger partial charge in [-0.2, -0.15) is 0 Å². The lowest BCUT2D eigenvalue weighted by molar-refractivity contribution is -0.155. The number of amides is 2. The van der Waals surface area contributed by atoms with E-state index in [4.69, 9.17) is 4.74 Å². The lowest BCUT2D eigenvalue weighted by Gasteiger charge is -2.35. The van der Waals surface area contributed by atoms with Crippen molar-refractivity contribution in [2.45, 2.75) is 51.6 Å². The first-order valence-electron chi connectivity index (χ1n) is 9.34. The Hall–Kier alpha value is -1.88. The molecule has 3 rings (SSSR count). The number of benzene rings is 1. The highest BCUT2D eigenvalue weighted by Crippen LogP contribution is 2.23. The molecule has 2 fully saturated rings. The first kappa shape index (κ1) is 17.9. The number of hydrogen-bond acceptors (Lipinski definition) is 3. The van der Waals surface area contributed by atoms with E-state index in [2.05, 4.69) is 5.32 Å². The maximum absolute atomic E-state index is 12.7. The topological polar surface area (TPSA) is 58.6 Å². The summed E-state index contributed by atoms with van der Waals surface area (Å²) in [5, 5.41) is 3.05. The molecular weight excluding hydrogens is 316 g/mol. The van der Waals surface area contributed by atoms with E-state index >= 15 is 0 Å². The van der Waals surface area contributed by atoms with E-state index in [1.807, 2.05) is 31.2 Å². The van der Waals surface area contributed by atoms with Gasteiger partial charge in [-0.25, -0.2) is 0 Å². The van der Waals surface area contributed by atoms with Gasteiger partial charge in [-0.15, -0.1) is 0 Å². The van der Waals surface area contributed by atoms with E-state index in [1.165, 1.54) is 37.7 Å². The van der Waals surface area contributed by atoms with Crippen molar-refractivity contribution in [3.05, 3.63) is 35.4 Å². The van der Waals surface area contributed by atoms with Crippen molar-refractivity contribution < 1.29 is 14.3 Å². The molecule has 1 aliphatic heterocycles. The summed E-state index contributed by atoms with van der Waals surface area (Å²) in [5.41, 5.74) is 2.21. The number of carbonyl (C=O) groups is 2. The molecule has 1 saturated heterocycles. The second kappa shape index (κ2) is 8.48. The van der Waals surface area contributed by atoms with Gasteiger partial charge in [0.05, 0.1) is 6.61 Å². The average molecular weight is 344 g/mol. The van der Waals surface area contributed by atoms with Crippen LogP contribution in [0, 0.1) is 12.8 Å². The summed E-state index contributed by atoms with van der Waals surface area (Å²) in [6.45, 7) is 3.52. The second-order valence-electron chi connectivity index (χ2n) is 7.29. The number of morpholine rings is 1. The molecular formula is C20H28N2O3.